The van der Waals surface area contributed by atoms with Crippen molar-refractivity contribution in [3.8, 4) is 33.8 Å². The van der Waals surface area contributed by atoms with Crippen LogP contribution in [-0.4, -0.2) is 12.2 Å². The predicted octanol–water partition coefficient (Wildman–Crippen LogP) is 10.8. The first kappa shape index (κ1) is 28.2. The van der Waals surface area contributed by atoms with Crippen LogP contribution in [0.5, 0.6) is 11.5 Å². The van der Waals surface area contributed by atoms with E-state index in [9.17, 15) is 0 Å². The lowest BCUT2D eigenvalue weighted by Gasteiger charge is -2.22. The van der Waals surface area contributed by atoms with Crippen LogP contribution in [0.25, 0.3) is 22.3 Å². The van der Waals surface area contributed by atoms with Crippen LogP contribution in [0.1, 0.15) is 63.2 Å². The van der Waals surface area contributed by atoms with E-state index in [1.165, 1.54) is 33.4 Å². The summed E-state index contributed by atoms with van der Waals surface area (Å²) in [4.78, 5) is 0. The molecule has 4 aromatic carbocycles. The lowest BCUT2D eigenvalue weighted by Crippen LogP contribution is -2.08. The van der Waals surface area contributed by atoms with Gasteiger partial charge in [-0.05, 0) is 88.1 Å². The Kier molecular flexibility index (Phi) is 9.87. The molecule has 198 valence electrons. The quantitative estimate of drug-likeness (QED) is 0.175. The van der Waals surface area contributed by atoms with E-state index in [0.29, 0.717) is 0 Å². The van der Waals surface area contributed by atoms with Crippen LogP contribution < -0.4 is 9.47 Å². The van der Waals surface area contributed by atoms with Gasteiger partial charge in [0.05, 0.1) is 12.2 Å². The van der Waals surface area contributed by atoms with Gasteiger partial charge in [-0.3, -0.25) is 0 Å². The molecule has 0 aliphatic carbocycles. The van der Waals surface area contributed by atoms with Gasteiger partial charge in [0.1, 0.15) is 11.5 Å². The Balaban J connectivity index is 1.58. The van der Waals surface area contributed by atoms with Crippen molar-refractivity contribution in [1.29, 1.82) is 0 Å². The minimum Gasteiger partial charge on any atom is -0.491 e. The van der Waals surface area contributed by atoms with Crippen molar-refractivity contribution in [2.45, 2.75) is 64.3 Å². The van der Waals surface area contributed by atoms with Crippen molar-refractivity contribution in [3.63, 3.8) is 0 Å². The summed E-state index contributed by atoms with van der Waals surface area (Å²) in [6.07, 6.45) is 0.244. The topological polar surface area (TPSA) is 18.5 Å². The summed E-state index contributed by atoms with van der Waals surface area (Å²) in [5.41, 5.74) is 7.31. The lowest BCUT2D eigenvalue weighted by atomic mass is 10.0. The zero-order chi connectivity index (χ0) is 27.1. The summed E-state index contributed by atoms with van der Waals surface area (Å²) in [6, 6.07) is 34.3. The summed E-state index contributed by atoms with van der Waals surface area (Å²) >= 11 is 0. The van der Waals surface area contributed by atoms with E-state index in [4.69, 9.17) is 9.47 Å². The Morgan fingerprint density at radius 2 is 0.816 bits per heavy atom. The minimum absolute atomic E-state index is 0.122. The molecule has 0 aliphatic rings. The van der Waals surface area contributed by atoms with E-state index in [-0.39, 0.29) is 22.7 Å². The van der Waals surface area contributed by atoms with Crippen LogP contribution in [0.4, 0.5) is 0 Å². The molecule has 0 aromatic heterocycles. The molecule has 4 rings (SSSR count). The Bertz CT molecular complexity index is 1200. The van der Waals surface area contributed by atoms with E-state index >= 15 is 0 Å². The fourth-order valence-electron chi connectivity index (χ4n) is 4.35. The molecule has 0 unspecified atom stereocenters. The normalized spacial score (nSPS) is 12.9. The van der Waals surface area contributed by atoms with Crippen molar-refractivity contribution in [3.05, 3.63) is 108 Å². The molecule has 0 saturated heterocycles. The second-order valence-corrected chi connectivity index (χ2v) is 13.0. The molecule has 2 nitrogen and oxygen atoms in total. The third-order valence-electron chi connectivity index (χ3n) is 6.18. The van der Waals surface area contributed by atoms with Crippen LogP contribution >= 0.6 is 21.6 Å². The first-order valence-electron chi connectivity index (χ1n) is 13.4. The highest BCUT2D eigenvalue weighted by atomic mass is 33.1. The molecule has 0 amide bonds. The number of hydrogen-bond donors (Lipinski definition) is 0. The maximum Gasteiger partial charge on any atom is 0.124 e. The van der Waals surface area contributed by atoms with Crippen molar-refractivity contribution >= 4 is 21.6 Å². The molecule has 4 heteroatoms. The van der Waals surface area contributed by atoms with Crippen LogP contribution in [0.2, 0.25) is 0 Å². The monoisotopic (exact) mass is 542 g/mol. The zero-order valence-electron chi connectivity index (χ0n) is 23.2. The number of hydrogen-bond acceptors (Lipinski definition) is 4. The van der Waals surface area contributed by atoms with Crippen LogP contribution in [-0.2, 0) is 0 Å². The fourth-order valence-corrected chi connectivity index (χ4v) is 6.88. The summed E-state index contributed by atoms with van der Waals surface area (Å²) in [5.74, 6) is 1.92. The Morgan fingerprint density at radius 1 is 0.447 bits per heavy atom. The molecule has 38 heavy (non-hydrogen) atoms. The number of benzene rings is 4. The molecule has 2 atom stereocenters. The molecule has 0 N–H and O–H groups in total. The van der Waals surface area contributed by atoms with Gasteiger partial charge in [-0.15, -0.1) is 0 Å². The summed E-state index contributed by atoms with van der Waals surface area (Å²) in [7, 11) is 3.78. The molecule has 0 fully saturated rings. The second-order valence-electron chi connectivity index (χ2n) is 10.0. The standard InChI is InChI=1S/C34H38O2S2/c1-23(2)35-33-19-17-29(27-13-9-7-10-14-27)21-31(33)25(5)37-38-26(6)32-22-30(28-15-11-8-12-16-28)18-20-34(32)36-24(3)4/h7-26H,1-6H3/t25-,26-/m1/s1. The van der Waals surface area contributed by atoms with E-state index in [0.717, 1.165) is 11.5 Å². The van der Waals surface area contributed by atoms with Gasteiger partial charge in [-0.2, -0.15) is 0 Å². The number of rotatable bonds is 11. The molecule has 0 bridgehead atoms. The van der Waals surface area contributed by atoms with Crippen molar-refractivity contribution in [2.24, 2.45) is 0 Å². The molecule has 0 saturated carbocycles. The van der Waals surface area contributed by atoms with Crippen LogP contribution in [0.3, 0.4) is 0 Å². The smallest absolute Gasteiger partial charge is 0.124 e. The predicted molar refractivity (Wildman–Crippen MR) is 167 cm³/mol. The lowest BCUT2D eigenvalue weighted by molar-refractivity contribution is 0.239. The maximum absolute atomic E-state index is 6.23. The van der Waals surface area contributed by atoms with Gasteiger partial charge in [0.2, 0.25) is 0 Å². The van der Waals surface area contributed by atoms with Crippen molar-refractivity contribution in [1.82, 2.24) is 0 Å². The SMILES string of the molecule is CC(C)Oc1ccc(-c2ccccc2)cc1[C@@H](C)SS[C@H](C)c1cc(-c2ccccc2)ccc1OC(C)C. The third kappa shape index (κ3) is 7.39. The van der Waals surface area contributed by atoms with Gasteiger partial charge in [0, 0.05) is 21.6 Å². The van der Waals surface area contributed by atoms with E-state index in [2.05, 4.69) is 139 Å². The Morgan fingerprint density at radius 3 is 1.16 bits per heavy atom. The summed E-state index contributed by atoms with van der Waals surface area (Å²) < 4.78 is 12.5. The van der Waals surface area contributed by atoms with Gasteiger partial charge in [0.25, 0.3) is 0 Å². The van der Waals surface area contributed by atoms with Crippen LogP contribution in [0, 0.1) is 0 Å². The molecule has 0 aliphatic heterocycles. The van der Waals surface area contributed by atoms with E-state index < -0.39 is 0 Å². The first-order chi connectivity index (χ1) is 18.3. The van der Waals surface area contributed by atoms with Gasteiger partial charge in [0.15, 0.2) is 0 Å². The number of ether oxygens (including phenoxy) is 2. The molecular weight excluding hydrogens is 505 g/mol. The summed E-state index contributed by atoms with van der Waals surface area (Å²) in [6.45, 7) is 12.9. The molecule has 0 spiro atoms. The minimum atomic E-state index is 0.122. The molecule has 4 aromatic rings. The highest BCUT2D eigenvalue weighted by Crippen LogP contribution is 2.50. The van der Waals surface area contributed by atoms with Crippen LogP contribution in [0.15, 0.2) is 97.1 Å². The van der Waals surface area contributed by atoms with Crippen molar-refractivity contribution < 1.29 is 9.47 Å². The molecule has 0 heterocycles. The third-order valence-corrected chi connectivity index (χ3v) is 9.44. The molecular formula is C34H38O2S2. The Labute approximate surface area is 236 Å². The fraction of sp³-hybridized carbons (Fsp3) is 0.294. The zero-order valence-corrected chi connectivity index (χ0v) is 24.8. The van der Waals surface area contributed by atoms with Gasteiger partial charge >= 0.3 is 0 Å². The Hall–Kier alpha value is -2.82. The van der Waals surface area contributed by atoms with Gasteiger partial charge in [-0.1, -0.05) is 94.4 Å². The first-order valence-corrected chi connectivity index (χ1v) is 15.6. The average Bonchev–Trinajstić information content (AvgIpc) is 2.92. The second kappa shape index (κ2) is 13.3. The van der Waals surface area contributed by atoms with E-state index in [1.807, 2.05) is 21.6 Å². The van der Waals surface area contributed by atoms with Gasteiger partial charge < -0.3 is 9.47 Å². The van der Waals surface area contributed by atoms with Gasteiger partial charge in [-0.25, -0.2) is 0 Å². The average molecular weight is 543 g/mol. The van der Waals surface area contributed by atoms with E-state index in [1.54, 1.807) is 0 Å². The molecule has 0 radical (unpaired) electrons. The highest BCUT2D eigenvalue weighted by Gasteiger charge is 2.20. The highest BCUT2D eigenvalue weighted by molar-refractivity contribution is 8.76. The summed E-state index contributed by atoms with van der Waals surface area (Å²) in [5, 5.41) is 0.485. The largest absolute Gasteiger partial charge is 0.491 e. The maximum atomic E-state index is 6.23. The van der Waals surface area contributed by atoms with Crippen molar-refractivity contribution in [2.75, 3.05) is 0 Å².